The predicted molar refractivity (Wildman–Crippen MR) is 112 cm³/mol. The van der Waals surface area contributed by atoms with Crippen molar-refractivity contribution < 1.29 is 4.42 Å². The molecule has 0 atom stereocenters. The zero-order valence-corrected chi connectivity index (χ0v) is 18.3. The van der Waals surface area contributed by atoms with Crippen molar-refractivity contribution in [1.82, 2.24) is 15.6 Å². The van der Waals surface area contributed by atoms with Gasteiger partial charge in [0.1, 0.15) is 12.3 Å². The molecule has 2 fully saturated rings. The molecule has 2 aliphatic carbocycles. The third kappa shape index (κ3) is 6.15. The monoisotopic (exact) mass is 460 g/mol. The van der Waals surface area contributed by atoms with E-state index in [0.717, 1.165) is 42.6 Å². The van der Waals surface area contributed by atoms with Gasteiger partial charge in [-0.05, 0) is 50.4 Å². The van der Waals surface area contributed by atoms with Gasteiger partial charge < -0.3 is 15.1 Å². The first-order valence-electron chi connectivity index (χ1n) is 9.44. The molecule has 0 spiro atoms. The molecule has 5 nitrogen and oxygen atoms in total. The van der Waals surface area contributed by atoms with Crippen LogP contribution >= 0.6 is 24.0 Å². The summed E-state index contributed by atoms with van der Waals surface area (Å²) in [6.07, 6.45) is 7.50. The first-order valence-corrected chi connectivity index (χ1v) is 9.44. The average molecular weight is 460 g/mol. The molecular formula is C19H33IN4O. The standard InChI is InChI=1S/C19H32N4O.HI/c1-5-20-18(22-10-15(13-6-7-13)14-8-9-14)23-12-17-21-11-16(24-17)19(2,3)4;/h11,13-15H,5-10,12H2,1-4H3,(H2,20,22,23);1H. The summed E-state index contributed by atoms with van der Waals surface area (Å²) < 4.78 is 5.82. The largest absolute Gasteiger partial charge is 0.443 e. The number of hydrogen-bond donors (Lipinski definition) is 2. The fourth-order valence-corrected chi connectivity index (χ4v) is 3.20. The van der Waals surface area contributed by atoms with Crippen molar-refractivity contribution in [3.05, 3.63) is 17.8 Å². The van der Waals surface area contributed by atoms with E-state index in [1.54, 1.807) is 0 Å². The predicted octanol–water partition coefficient (Wildman–Crippen LogP) is 4.08. The van der Waals surface area contributed by atoms with Crippen molar-refractivity contribution in [2.24, 2.45) is 22.7 Å². The minimum atomic E-state index is -0.0144. The van der Waals surface area contributed by atoms with E-state index >= 15 is 0 Å². The van der Waals surface area contributed by atoms with Crippen LogP contribution in [0.4, 0.5) is 0 Å². The highest BCUT2D eigenvalue weighted by molar-refractivity contribution is 14.0. The van der Waals surface area contributed by atoms with E-state index in [1.807, 2.05) is 6.20 Å². The van der Waals surface area contributed by atoms with Gasteiger partial charge in [-0.25, -0.2) is 9.98 Å². The van der Waals surface area contributed by atoms with Gasteiger partial charge in [0.15, 0.2) is 5.96 Å². The maximum Gasteiger partial charge on any atom is 0.216 e. The molecule has 2 saturated carbocycles. The summed E-state index contributed by atoms with van der Waals surface area (Å²) in [5.41, 5.74) is -0.0144. The number of oxazole rings is 1. The van der Waals surface area contributed by atoms with Crippen molar-refractivity contribution in [2.75, 3.05) is 13.1 Å². The lowest BCUT2D eigenvalue weighted by atomic mass is 9.94. The van der Waals surface area contributed by atoms with Crippen molar-refractivity contribution in [3.63, 3.8) is 0 Å². The van der Waals surface area contributed by atoms with Crippen molar-refractivity contribution in [1.29, 1.82) is 0 Å². The molecule has 6 heteroatoms. The number of aromatic nitrogens is 1. The molecule has 0 aliphatic heterocycles. The molecule has 0 bridgehead atoms. The van der Waals surface area contributed by atoms with Crippen LogP contribution in [0, 0.1) is 17.8 Å². The lowest BCUT2D eigenvalue weighted by Gasteiger charge is -2.18. The molecule has 0 saturated heterocycles. The van der Waals surface area contributed by atoms with E-state index in [0.29, 0.717) is 12.4 Å². The number of halogens is 1. The Hall–Kier alpha value is -0.790. The van der Waals surface area contributed by atoms with E-state index in [9.17, 15) is 0 Å². The zero-order chi connectivity index (χ0) is 17.2. The SMILES string of the molecule is CCNC(=NCc1ncc(C(C)(C)C)o1)NCC(C1CC1)C1CC1.I. The Kier molecular flexibility index (Phi) is 7.17. The Bertz CT molecular complexity index is 558. The number of nitrogens with one attached hydrogen (secondary N) is 2. The van der Waals surface area contributed by atoms with Crippen molar-refractivity contribution in [3.8, 4) is 0 Å². The van der Waals surface area contributed by atoms with Gasteiger partial charge in [-0.3, -0.25) is 0 Å². The van der Waals surface area contributed by atoms with Gasteiger partial charge in [0.25, 0.3) is 0 Å². The highest BCUT2D eigenvalue weighted by Crippen LogP contribution is 2.48. The molecule has 2 aliphatic rings. The van der Waals surface area contributed by atoms with Crippen LogP contribution in [-0.2, 0) is 12.0 Å². The van der Waals surface area contributed by atoms with E-state index in [2.05, 4.69) is 48.3 Å². The fourth-order valence-electron chi connectivity index (χ4n) is 3.20. The maximum absolute atomic E-state index is 5.82. The molecule has 142 valence electrons. The molecule has 0 amide bonds. The summed E-state index contributed by atoms with van der Waals surface area (Å²) in [6.45, 7) is 10.9. The highest BCUT2D eigenvalue weighted by Gasteiger charge is 2.41. The lowest BCUT2D eigenvalue weighted by molar-refractivity contribution is 0.382. The van der Waals surface area contributed by atoms with Crippen LogP contribution in [0.2, 0.25) is 0 Å². The lowest BCUT2D eigenvalue weighted by Crippen LogP contribution is -2.40. The van der Waals surface area contributed by atoms with Gasteiger partial charge in [0.05, 0.1) is 6.20 Å². The molecule has 1 aromatic heterocycles. The summed E-state index contributed by atoms with van der Waals surface area (Å²) in [7, 11) is 0. The quantitative estimate of drug-likeness (QED) is 0.366. The Morgan fingerprint density at radius 3 is 2.36 bits per heavy atom. The smallest absolute Gasteiger partial charge is 0.216 e. The minimum Gasteiger partial charge on any atom is -0.443 e. The van der Waals surface area contributed by atoms with Crippen LogP contribution in [0.1, 0.15) is 65.0 Å². The van der Waals surface area contributed by atoms with Crippen molar-refractivity contribution >= 4 is 29.9 Å². The third-order valence-electron chi connectivity index (χ3n) is 4.97. The highest BCUT2D eigenvalue weighted by atomic mass is 127. The molecule has 1 aromatic rings. The Balaban J connectivity index is 0.00000225. The minimum absolute atomic E-state index is 0. The third-order valence-corrected chi connectivity index (χ3v) is 4.97. The Morgan fingerprint density at radius 2 is 1.88 bits per heavy atom. The van der Waals surface area contributed by atoms with Gasteiger partial charge in [-0.15, -0.1) is 24.0 Å². The van der Waals surface area contributed by atoms with Crippen molar-refractivity contribution in [2.45, 2.75) is 65.3 Å². The number of aliphatic imine (C=N–C) groups is 1. The van der Waals surface area contributed by atoms with Gasteiger partial charge in [-0.1, -0.05) is 20.8 Å². The molecule has 2 N–H and O–H groups in total. The summed E-state index contributed by atoms with van der Waals surface area (Å²) in [4.78, 5) is 9.01. The molecule has 0 radical (unpaired) electrons. The summed E-state index contributed by atoms with van der Waals surface area (Å²) in [6, 6.07) is 0. The normalized spacial score (nSPS) is 18.2. The molecule has 0 aromatic carbocycles. The number of hydrogen-bond acceptors (Lipinski definition) is 3. The van der Waals surface area contributed by atoms with E-state index in [1.165, 1.54) is 25.7 Å². The van der Waals surface area contributed by atoms with E-state index < -0.39 is 0 Å². The van der Waals surface area contributed by atoms with Crippen LogP contribution in [0.3, 0.4) is 0 Å². The van der Waals surface area contributed by atoms with Gasteiger partial charge in [0.2, 0.25) is 5.89 Å². The second kappa shape index (κ2) is 8.73. The second-order valence-corrected chi connectivity index (χ2v) is 8.28. The fraction of sp³-hybridized carbons (Fsp3) is 0.789. The summed E-state index contributed by atoms with van der Waals surface area (Å²) in [5, 5.41) is 6.87. The Labute approximate surface area is 168 Å². The maximum atomic E-state index is 5.82. The molecular weight excluding hydrogens is 427 g/mol. The summed E-state index contributed by atoms with van der Waals surface area (Å²) >= 11 is 0. The second-order valence-electron chi connectivity index (χ2n) is 8.28. The first-order chi connectivity index (χ1) is 11.5. The number of guanidine groups is 1. The average Bonchev–Trinajstić information content (AvgIpc) is 3.44. The summed E-state index contributed by atoms with van der Waals surface area (Å²) in [5.74, 6) is 5.21. The molecule has 3 rings (SSSR count). The van der Waals surface area contributed by atoms with Crippen LogP contribution in [0.25, 0.3) is 0 Å². The number of nitrogens with zero attached hydrogens (tertiary/aromatic N) is 2. The Morgan fingerprint density at radius 1 is 1.24 bits per heavy atom. The van der Waals surface area contributed by atoms with Crippen LogP contribution < -0.4 is 10.6 Å². The van der Waals surface area contributed by atoms with E-state index in [-0.39, 0.29) is 29.4 Å². The number of rotatable bonds is 7. The molecule has 0 unspecified atom stereocenters. The molecule has 1 heterocycles. The molecule has 25 heavy (non-hydrogen) atoms. The van der Waals surface area contributed by atoms with Gasteiger partial charge in [0, 0.05) is 18.5 Å². The topological polar surface area (TPSA) is 62.5 Å². The first kappa shape index (κ1) is 20.5. The van der Waals surface area contributed by atoms with Gasteiger partial charge in [-0.2, -0.15) is 0 Å². The van der Waals surface area contributed by atoms with Crippen LogP contribution in [0.5, 0.6) is 0 Å². The van der Waals surface area contributed by atoms with Crippen LogP contribution in [0.15, 0.2) is 15.6 Å². The zero-order valence-electron chi connectivity index (χ0n) is 16.0. The van der Waals surface area contributed by atoms with E-state index in [4.69, 9.17) is 4.42 Å². The van der Waals surface area contributed by atoms with Crippen LogP contribution in [-0.4, -0.2) is 24.0 Å². The van der Waals surface area contributed by atoms with Gasteiger partial charge >= 0.3 is 0 Å².